The highest BCUT2D eigenvalue weighted by Gasteiger charge is 2.24. The van der Waals surface area contributed by atoms with E-state index in [-0.39, 0.29) is 24.4 Å². The van der Waals surface area contributed by atoms with Gasteiger partial charge in [0, 0.05) is 0 Å². The molecule has 134 valence electrons. The van der Waals surface area contributed by atoms with Gasteiger partial charge in [-0.15, -0.1) is 0 Å². The maximum atomic E-state index is 11.5. The number of thioether (sulfide) groups is 1. The van der Waals surface area contributed by atoms with Crippen LogP contribution in [0.5, 0.6) is 11.5 Å². The molecular formula is C19H17NO5S. The van der Waals surface area contributed by atoms with Gasteiger partial charge in [0.1, 0.15) is 30.8 Å². The SMILES string of the molecule is O=C1NC(=O)/C(=C\c2ccc(OCC(O)COc3ccccc3)cc2)S1. The molecule has 1 aliphatic heterocycles. The Morgan fingerprint density at radius 1 is 0.962 bits per heavy atom. The molecular weight excluding hydrogens is 354 g/mol. The standard InChI is InChI=1S/C19H17NO5S/c21-14(11-24-15-4-2-1-3-5-15)12-25-16-8-6-13(7-9-16)10-17-18(22)20-19(23)26-17/h1-10,14,21H,11-12H2,(H,20,22,23)/b17-10+. The summed E-state index contributed by atoms with van der Waals surface area (Å²) in [6, 6.07) is 16.2. The molecule has 1 saturated heterocycles. The van der Waals surface area contributed by atoms with Crippen molar-refractivity contribution in [3.63, 3.8) is 0 Å². The van der Waals surface area contributed by atoms with Gasteiger partial charge in [-0.2, -0.15) is 0 Å². The lowest BCUT2D eigenvalue weighted by molar-refractivity contribution is -0.115. The van der Waals surface area contributed by atoms with Crippen LogP contribution in [0.3, 0.4) is 0 Å². The number of hydrogen-bond donors (Lipinski definition) is 2. The summed E-state index contributed by atoms with van der Waals surface area (Å²) in [4.78, 5) is 23.0. The average molecular weight is 371 g/mol. The molecule has 1 aliphatic rings. The van der Waals surface area contributed by atoms with Crippen LogP contribution in [0.4, 0.5) is 4.79 Å². The molecule has 0 radical (unpaired) electrons. The smallest absolute Gasteiger partial charge is 0.290 e. The first-order valence-electron chi connectivity index (χ1n) is 7.94. The fourth-order valence-electron chi connectivity index (χ4n) is 2.18. The number of benzene rings is 2. The lowest BCUT2D eigenvalue weighted by Gasteiger charge is -2.13. The van der Waals surface area contributed by atoms with E-state index in [9.17, 15) is 14.7 Å². The molecule has 0 aliphatic carbocycles. The summed E-state index contributed by atoms with van der Waals surface area (Å²) in [7, 11) is 0. The lowest BCUT2D eigenvalue weighted by Crippen LogP contribution is -2.25. The number of aliphatic hydroxyl groups is 1. The minimum absolute atomic E-state index is 0.0973. The van der Waals surface area contributed by atoms with Crippen molar-refractivity contribution in [1.82, 2.24) is 5.32 Å². The quantitative estimate of drug-likeness (QED) is 0.728. The Labute approximate surface area is 154 Å². The van der Waals surface area contributed by atoms with E-state index in [0.29, 0.717) is 16.4 Å². The molecule has 0 spiro atoms. The van der Waals surface area contributed by atoms with Crippen molar-refractivity contribution in [3.05, 3.63) is 65.1 Å². The number of ether oxygens (including phenoxy) is 2. The normalized spacial score (nSPS) is 16.4. The number of imide groups is 1. The average Bonchev–Trinajstić information content (AvgIpc) is 2.97. The summed E-state index contributed by atoms with van der Waals surface area (Å²) in [6.07, 6.45) is 0.874. The molecule has 2 N–H and O–H groups in total. The van der Waals surface area contributed by atoms with Crippen LogP contribution in [0.15, 0.2) is 59.5 Å². The highest BCUT2D eigenvalue weighted by Crippen LogP contribution is 2.26. The van der Waals surface area contributed by atoms with Gasteiger partial charge in [-0.05, 0) is 47.7 Å². The van der Waals surface area contributed by atoms with Gasteiger partial charge < -0.3 is 14.6 Å². The highest BCUT2D eigenvalue weighted by molar-refractivity contribution is 8.18. The summed E-state index contributed by atoms with van der Waals surface area (Å²) in [5.41, 5.74) is 0.776. The fourth-order valence-corrected chi connectivity index (χ4v) is 2.86. The van der Waals surface area contributed by atoms with E-state index in [0.717, 1.165) is 17.3 Å². The zero-order chi connectivity index (χ0) is 18.4. The summed E-state index contributed by atoms with van der Waals surface area (Å²) >= 11 is 0.874. The molecule has 1 atom stereocenters. The lowest BCUT2D eigenvalue weighted by atomic mass is 10.2. The maximum absolute atomic E-state index is 11.5. The third kappa shape index (κ3) is 5.11. The van der Waals surface area contributed by atoms with Crippen LogP contribution in [0.1, 0.15) is 5.56 Å². The fraction of sp³-hybridized carbons (Fsp3) is 0.158. The second-order valence-electron chi connectivity index (χ2n) is 5.51. The van der Waals surface area contributed by atoms with Crippen LogP contribution in [0.25, 0.3) is 6.08 Å². The minimum atomic E-state index is -0.762. The minimum Gasteiger partial charge on any atom is -0.491 e. The van der Waals surface area contributed by atoms with Crippen LogP contribution in [-0.4, -0.2) is 35.6 Å². The molecule has 26 heavy (non-hydrogen) atoms. The van der Waals surface area contributed by atoms with Crippen LogP contribution >= 0.6 is 11.8 Å². The van der Waals surface area contributed by atoms with E-state index in [1.165, 1.54) is 0 Å². The van der Waals surface area contributed by atoms with Crippen LogP contribution in [0, 0.1) is 0 Å². The molecule has 1 heterocycles. The Kier molecular flexibility index (Phi) is 5.93. The van der Waals surface area contributed by atoms with E-state index in [1.807, 2.05) is 30.3 Å². The third-order valence-electron chi connectivity index (χ3n) is 3.45. The Hall–Kier alpha value is -2.77. The molecule has 6 nitrogen and oxygen atoms in total. The number of carbonyl (C=O) groups excluding carboxylic acids is 2. The van der Waals surface area contributed by atoms with E-state index >= 15 is 0 Å². The molecule has 2 amide bonds. The van der Waals surface area contributed by atoms with E-state index in [2.05, 4.69) is 5.32 Å². The topological polar surface area (TPSA) is 84.9 Å². The Bertz CT molecular complexity index is 804. The number of aliphatic hydroxyl groups excluding tert-OH is 1. The molecule has 0 saturated carbocycles. The molecule has 1 fully saturated rings. The van der Waals surface area contributed by atoms with Gasteiger partial charge in [0.05, 0.1) is 4.91 Å². The largest absolute Gasteiger partial charge is 0.491 e. The molecule has 2 aromatic rings. The number of carbonyl (C=O) groups is 2. The summed E-state index contributed by atoms with van der Waals surface area (Å²) < 4.78 is 11.0. The molecule has 0 aromatic heterocycles. The number of para-hydroxylation sites is 1. The molecule has 0 bridgehead atoms. The van der Waals surface area contributed by atoms with Gasteiger partial charge in [-0.1, -0.05) is 30.3 Å². The Morgan fingerprint density at radius 2 is 1.58 bits per heavy atom. The zero-order valence-corrected chi connectivity index (χ0v) is 14.6. The Balaban J connectivity index is 1.47. The second-order valence-corrected chi connectivity index (χ2v) is 6.52. The molecule has 3 rings (SSSR count). The van der Waals surface area contributed by atoms with Crippen molar-refractivity contribution in [1.29, 1.82) is 0 Å². The van der Waals surface area contributed by atoms with Crippen LogP contribution in [0.2, 0.25) is 0 Å². The van der Waals surface area contributed by atoms with Gasteiger partial charge in [0.2, 0.25) is 0 Å². The van der Waals surface area contributed by atoms with E-state index in [1.54, 1.807) is 30.3 Å². The van der Waals surface area contributed by atoms with Crippen molar-refractivity contribution in [2.75, 3.05) is 13.2 Å². The van der Waals surface area contributed by atoms with Crippen molar-refractivity contribution in [2.45, 2.75) is 6.10 Å². The predicted molar refractivity (Wildman–Crippen MR) is 99.0 cm³/mol. The third-order valence-corrected chi connectivity index (χ3v) is 4.26. The maximum Gasteiger partial charge on any atom is 0.290 e. The van der Waals surface area contributed by atoms with Crippen molar-refractivity contribution >= 4 is 29.0 Å². The highest BCUT2D eigenvalue weighted by atomic mass is 32.2. The number of nitrogens with one attached hydrogen (secondary N) is 1. The van der Waals surface area contributed by atoms with E-state index < -0.39 is 6.10 Å². The first-order chi connectivity index (χ1) is 12.6. The van der Waals surface area contributed by atoms with Crippen molar-refractivity contribution in [3.8, 4) is 11.5 Å². The van der Waals surface area contributed by atoms with Crippen molar-refractivity contribution < 1.29 is 24.2 Å². The number of amides is 2. The first-order valence-corrected chi connectivity index (χ1v) is 8.75. The summed E-state index contributed by atoms with van der Waals surface area (Å²) in [5, 5.41) is 11.8. The number of rotatable bonds is 7. The van der Waals surface area contributed by atoms with Gasteiger partial charge in [-0.3, -0.25) is 14.9 Å². The van der Waals surface area contributed by atoms with E-state index in [4.69, 9.17) is 9.47 Å². The van der Waals surface area contributed by atoms with Gasteiger partial charge >= 0.3 is 0 Å². The van der Waals surface area contributed by atoms with Crippen molar-refractivity contribution in [2.24, 2.45) is 0 Å². The Morgan fingerprint density at radius 3 is 2.15 bits per heavy atom. The molecule has 7 heteroatoms. The second kappa shape index (κ2) is 8.55. The van der Waals surface area contributed by atoms with Gasteiger partial charge in [0.25, 0.3) is 11.1 Å². The predicted octanol–water partition coefficient (Wildman–Crippen LogP) is 2.83. The molecule has 1 unspecified atom stereocenters. The number of hydrogen-bond acceptors (Lipinski definition) is 6. The van der Waals surface area contributed by atoms with Crippen LogP contribution < -0.4 is 14.8 Å². The monoisotopic (exact) mass is 371 g/mol. The zero-order valence-electron chi connectivity index (χ0n) is 13.8. The van der Waals surface area contributed by atoms with Gasteiger partial charge in [0.15, 0.2) is 0 Å². The summed E-state index contributed by atoms with van der Waals surface area (Å²) in [6.45, 7) is 0.231. The van der Waals surface area contributed by atoms with Crippen LogP contribution in [-0.2, 0) is 4.79 Å². The molecule has 2 aromatic carbocycles. The summed E-state index contributed by atoms with van der Waals surface area (Å²) in [5.74, 6) is 0.892. The van der Waals surface area contributed by atoms with Gasteiger partial charge in [-0.25, -0.2) is 0 Å². The first kappa shape index (κ1) is 18.0.